The molecule has 0 bridgehead atoms. The standard InChI is InChI=1S/C15H12N2O3/c18-13(10-4-2-1-3-5-10)9-17-14(19)11-6-7-16-8-12(11)15(17)20/h1-8,13,18H,9H2. The van der Waals surface area contributed by atoms with Crippen LogP contribution in [0, 0.1) is 0 Å². The summed E-state index contributed by atoms with van der Waals surface area (Å²) in [6, 6.07) is 10.5. The maximum atomic E-state index is 12.1. The largest absolute Gasteiger partial charge is 0.387 e. The smallest absolute Gasteiger partial charge is 0.263 e. The van der Waals surface area contributed by atoms with Crippen LogP contribution in [0.1, 0.15) is 32.4 Å². The maximum Gasteiger partial charge on any atom is 0.263 e. The van der Waals surface area contributed by atoms with Gasteiger partial charge >= 0.3 is 0 Å². The third-order valence-electron chi connectivity index (χ3n) is 3.31. The minimum absolute atomic E-state index is 0.0592. The van der Waals surface area contributed by atoms with Gasteiger partial charge in [-0.15, -0.1) is 0 Å². The highest BCUT2D eigenvalue weighted by atomic mass is 16.3. The van der Waals surface area contributed by atoms with Gasteiger partial charge in [0, 0.05) is 12.4 Å². The van der Waals surface area contributed by atoms with Crippen LogP contribution in [0.15, 0.2) is 48.8 Å². The minimum Gasteiger partial charge on any atom is -0.387 e. The lowest BCUT2D eigenvalue weighted by Gasteiger charge is -2.18. The number of pyridine rings is 1. The van der Waals surface area contributed by atoms with Gasteiger partial charge in [-0.2, -0.15) is 0 Å². The van der Waals surface area contributed by atoms with E-state index in [9.17, 15) is 14.7 Å². The molecule has 0 radical (unpaired) electrons. The van der Waals surface area contributed by atoms with Crippen LogP contribution >= 0.6 is 0 Å². The molecule has 5 heteroatoms. The van der Waals surface area contributed by atoms with E-state index in [1.807, 2.05) is 6.07 Å². The van der Waals surface area contributed by atoms with Gasteiger partial charge in [0.05, 0.1) is 23.8 Å². The van der Waals surface area contributed by atoms with Gasteiger partial charge in [0.1, 0.15) is 0 Å². The van der Waals surface area contributed by atoms with Crippen molar-refractivity contribution in [2.75, 3.05) is 6.54 Å². The van der Waals surface area contributed by atoms with Gasteiger partial charge in [0.15, 0.2) is 0 Å². The second-order valence-corrected chi connectivity index (χ2v) is 4.57. The van der Waals surface area contributed by atoms with E-state index in [2.05, 4.69) is 4.98 Å². The number of aromatic nitrogens is 1. The number of rotatable bonds is 3. The van der Waals surface area contributed by atoms with Crippen LogP contribution in [0.2, 0.25) is 0 Å². The number of benzene rings is 1. The highest BCUT2D eigenvalue weighted by Crippen LogP contribution is 2.24. The number of β-amino-alcohol motifs (C(OH)–C–C–N with tert-alkyl or cyclic N) is 1. The molecule has 2 heterocycles. The summed E-state index contributed by atoms with van der Waals surface area (Å²) in [6.45, 7) is -0.0592. The van der Waals surface area contributed by atoms with E-state index in [1.54, 1.807) is 24.3 Å². The first-order valence-corrected chi connectivity index (χ1v) is 6.21. The Labute approximate surface area is 115 Å². The van der Waals surface area contributed by atoms with Crippen LogP contribution < -0.4 is 0 Å². The molecule has 1 aliphatic heterocycles. The Morgan fingerprint density at radius 2 is 1.75 bits per heavy atom. The van der Waals surface area contributed by atoms with Crippen molar-refractivity contribution in [1.82, 2.24) is 9.88 Å². The van der Waals surface area contributed by atoms with Crippen LogP contribution in [0.25, 0.3) is 0 Å². The van der Waals surface area contributed by atoms with E-state index in [0.717, 1.165) is 4.90 Å². The molecule has 2 amide bonds. The summed E-state index contributed by atoms with van der Waals surface area (Å²) in [5, 5.41) is 10.1. The molecule has 100 valence electrons. The molecule has 0 aliphatic carbocycles. The number of nitrogens with zero attached hydrogens (tertiary/aromatic N) is 2. The summed E-state index contributed by atoms with van der Waals surface area (Å²) in [5.74, 6) is -0.796. The molecule has 1 aromatic heterocycles. The fourth-order valence-electron chi connectivity index (χ4n) is 2.25. The van der Waals surface area contributed by atoms with E-state index >= 15 is 0 Å². The van der Waals surface area contributed by atoms with Gasteiger partial charge < -0.3 is 5.11 Å². The quantitative estimate of drug-likeness (QED) is 0.854. The molecule has 1 unspecified atom stereocenters. The van der Waals surface area contributed by atoms with Crippen molar-refractivity contribution >= 4 is 11.8 Å². The summed E-state index contributed by atoms with van der Waals surface area (Å²) in [6.07, 6.45) is 1.96. The third-order valence-corrected chi connectivity index (χ3v) is 3.31. The predicted molar refractivity (Wildman–Crippen MR) is 71.0 cm³/mol. The van der Waals surface area contributed by atoms with Gasteiger partial charge in [0.25, 0.3) is 11.8 Å². The predicted octanol–water partition coefficient (Wildman–Crippen LogP) is 1.41. The molecule has 0 fully saturated rings. The Bertz CT molecular complexity index is 635. The second-order valence-electron chi connectivity index (χ2n) is 4.57. The Hall–Kier alpha value is -2.53. The molecule has 2 aromatic rings. The molecular formula is C15H12N2O3. The van der Waals surface area contributed by atoms with Crippen LogP contribution in [-0.4, -0.2) is 33.3 Å². The number of aliphatic hydroxyl groups is 1. The lowest BCUT2D eigenvalue weighted by Crippen LogP contribution is -2.33. The third kappa shape index (κ3) is 1.98. The average molecular weight is 268 g/mol. The number of carbonyl (C=O) groups is 2. The molecule has 3 rings (SSSR count). The monoisotopic (exact) mass is 268 g/mol. The van der Waals surface area contributed by atoms with Crippen molar-refractivity contribution < 1.29 is 14.7 Å². The zero-order valence-corrected chi connectivity index (χ0v) is 10.6. The van der Waals surface area contributed by atoms with Gasteiger partial charge in [-0.05, 0) is 11.6 Å². The van der Waals surface area contributed by atoms with E-state index in [4.69, 9.17) is 0 Å². The topological polar surface area (TPSA) is 70.5 Å². The lowest BCUT2D eigenvalue weighted by atomic mass is 10.1. The number of imide groups is 1. The average Bonchev–Trinajstić information content (AvgIpc) is 2.74. The molecule has 1 N–H and O–H groups in total. The molecule has 0 spiro atoms. The first-order valence-electron chi connectivity index (χ1n) is 6.21. The van der Waals surface area contributed by atoms with Gasteiger partial charge in [-0.25, -0.2) is 0 Å². The van der Waals surface area contributed by atoms with Crippen molar-refractivity contribution in [2.24, 2.45) is 0 Å². The van der Waals surface area contributed by atoms with E-state index in [0.29, 0.717) is 11.1 Å². The number of hydrogen-bond acceptors (Lipinski definition) is 4. The molecule has 0 saturated heterocycles. The first kappa shape index (κ1) is 12.5. The normalized spacial score (nSPS) is 15.3. The van der Waals surface area contributed by atoms with Crippen LogP contribution in [0.4, 0.5) is 0 Å². The summed E-state index contributed by atoms with van der Waals surface area (Å²) < 4.78 is 0. The lowest BCUT2D eigenvalue weighted by molar-refractivity contribution is 0.0543. The van der Waals surface area contributed by atoms with Crippen molar-refractivity contribution in [3.05, 3.63) is 65.5 Å². The number of fused-ring (bicyclic) bond motifs is 1. The zero-order valence-electron chi connectivity index (χ0n) is 10.6. The maximum absolute atomic E-state index is 12.1. The van der Waals surface area contributed by atoms with Crippen LogP contribution in [0.5, 0.6) is 0 Å². The SMILES string of the molecule is O=C1c2ccncc2C(=O)N1CC(O)c1ccccc1. The first-order chi connectivity index (χ1) is 9.68. The number of amides is 2. The fourth-order valence-corrected chi connectivity index (χ4v) is 2.25. The Balaban J connectivity index is 1.84. The minimum atomic E-state index is -0.897. The summed E-state index contributed by atoms with van der Waals surface area (Å²) in [4.78, 5) is 29.2. The van der Waals surface area contributed by atoms with Crippen molar-refractivity contribution in [3.8, 4) is 0 Å². The Morgan fingerprint density at radius 1 is 1.05 bits per heavy atom. The highest BCUT2D eigenvalue weighted by molar-refractivity contribution is 6.21. The Kier molecular flexibility index (Phi) is 3.04. The zero-order chi connectivity index (χ0) is 14.1. The fraction of sp³-hybridized carbons (Fsp3) is 0.133. The van der Waals surface area contributed by atoms with Gasteiger partial charge in [-0.1, -0.05) is 30.3 Å². The summed E-state index contributed by atoms with van der Waals surface area (Å²) in [7, 11) is 0. The molecule has 1 aromatic carbocycles. The molecule has 5 nitrogen and oxygen atoms in total. The highest BCUT2D eigenvalue weighted by Gasteiger charge is 2.36. The molecule has 1 aliphatic rings. The molecule has 0 saturated carbocycles. The number of aliphatic hydroxyl groups excluding tert-OH is 1. The molecule has 20 heavy (non-hydrogen) atoms. The summed E-state index contributed by atoms with van der Waals surface area (Å²) in [5.41, 5.74) is 1.30. The molecule has 1 atom stereocenters. The van der Waals surface area contributed by atoms with E-state index in [1.165, 1.54) is 18.5 Å². The van der Waals surface area contributed by atoms with Crippen molar-refractivity contribution in [1.29, 1.82) is 0 Å². The van der Waals surface area contributed by atoms with Crippen LogP contribution in [-0.2, 0) is 0 Å². The summed E-state index contributed by atoms with van der Waals surface area (Å²) >= 11 is 0. The number of hydrogen-bond donors (Lipinski definition) is 1. The van der Waals surface area contributed by atoms with Gasteiger partial charge in [-0.3, -0.25) is 19.5 Å². The van der Waals surface area contributed by atoms with Crippen molar-refractivity contribution in [2.45, 2.75) is 6.10 Å². The number of carbonyl (C=O) groups excluding carboxylic acids is 2. The molecular weight excluding hydrogens is 256 g/mol. The van der Waals surface area contributed by atoms with Crippen LogP contribution in [0.3, 0.4) is 0 Å². The van der Waals surface area contributed by atoms with E-state index < -0.39 is 12.0 Å². The second kappa shape index (κ2) is 4.86. The van der Waals surface area contributed by atoms with Gasteiger partial charge in [0.2, 0.25) is 0 Å². The Morgan fingerprint density at radius 3 is 2.45 bits per heavy atom. The van der Waals surface area contributed by atoms with Crippen molar-refractivity contribution in [3.63, 3.8) is 0 Å². The van der Waals surface area contributed by atoms with E-state index in [-0.39, 0.29) is 18.0 Å².